The Morgan fingerprint density at radius 3 is 1.92 bits per heavy atom. The van der Waals surface area contributed by atoms with Gasteiger partial charge in [-0.3, -0.25) is 0 Å². The summed E-state index contributed by atoms with van der Waals surface area (Å²) < 4.78 is 73.7. The van der Waals surface area contributed by atoms with Crippen molar-refractivity contribution in [1.82, 2.24) is 0 Å². The Balaban J connectivity index is 1.84. The van der Waals surface area contributed by atoms with E-state index in [-0.39, 0.29) is 5.56 Å². The summed E-state index contributed by atoms with van der Waals surface area (Å²) >= 11 is 7.06. The lowest BCUT2D eigenvalue weighted by Gasteiger charge is -2.50. The molecule has 7 heteroatoms. The number of halogens is 5. The molecule has 0 aliphatic heterocycles. The molecule has 6 aromatic carbocycles. The minimum absolute atomic E-state index is 0.275. The Morgan fingerprint density at radius 2 is 1.27 bits per heavy atom. The van der Waals surface area contributed by atoms with Gasteiger partial charge in [0.25, 0.3) is 0 Å². The Kier molecular flexibility index (Phi) is 9.52. The van der Waals surface area contributed by atoms with E-state index >= 15 is 13.2 Å². The Morgan fingerprint density at radius 1 is 0.577 bits per heavy atom. The zero-order valence-corrected chi connectivity index (χ0v) is 29.3. The molecular weight excluding hydrogens is 684 g/mol. The summed E-state index contributed by atoms with van der Waals surface area (Å²) in [5, 5.41) is 0.366. The summed E-state index contributed by atoms with van der Waals surface area (Å²) in [6, 6.07) is 38.1. The Bertz CT molecular complexity index is 2330. The zero-order chi connectivity index (χ0) is 36.6. The van der Waals surface area contributed by atoms with Gasteiger partial charge in [-0.2, -0.15) is 0 Å². The van der Waals surface area contributed by atoms with Crippen LogP contribution in [0.2, 0.25) is 5.02 Å². The molecule has 0 saturated heterocycles. The smallest absolute Gasteiger partial charge is 0.131 e. The molecule has 0 spiro atoms. The van der Waals surface area contributed by atoms with Crippen LogP contribution in [0.1, 0.15) is 44.9 Å². The monoisotopic (exact) mass is 716 g/mol. The van der Waals surface area contributed by atoms with Gasteiger partial charge in [-0.15, -0.1) is 0 Å². The molecule has 0 fully saturated rings. The van der Waals surface area contributed by atoms with Gasteiger partial charge in [-0.05, 0) is 94.9 Å². The molecule has 1 aliphatic carbocycles. The summed E-state index contributed by atoms with van der Waals surface area (Å²) in [7, 11) is 3.07. The second-order valence-corrected chi connectivity index (χ2v) is 13.1. The third-order valence-corrected chi connectivity index (χ3v) is 10.0. The SMILES string of the molecule is COC1=C(c2ccccc2Cl)C(c2cc(F)cc(F)c2)C(c2ccc(C)cc2)(c2cccc(OC)c2)C(c2cccc(F)c2)=C1c1ccc(F)cc1. The molecule has 6 aromatic rings. The van der Waals surface area contributed by atoms with E-state index < -0.39 is 34.6 Å². The molecule has 2 unspecified atom stereocenters. The molecule has 52 heavy (non-hydrogen) atoms. The number of ether oxygens (including phenoxy) is 2. The van der Waals surface area contributed by atoms with Crippen LogP contribution < -0.4 is 4.74 Å². The van der Waals surface area contributed by atoms with Gasteiger partial charge >= 0.3 is 0 Å². The van der Waals surface area contributed by atoms with Crippen LogP contribution in [0.3, 0.4) is 0 Å². The molecule has 1 aliphatic rings. The predicted octanol–water partition coefficient (Wildman–Crippen LogP) is 12.0. The molecule has 0 heterocycles. The highest BCUT2D eigenvalue weighted by Gasteiger charge is 2.54. The molecule has 2 atom stereocenters. The highest BCUT2D eigenvalue weighted by atomic mass is 35.5. The van der Waals surface area contributed by atoms with Crippen molar-refractivity contribution < 1.29 is 27.0 Å². The van der Waals surface area contributed by atoms with Gasteiger partial charge in [-0.25, -0.2) is 17.6 Å². The number of hydrogen-bond donors (Lipinski definition) is 0. The summed E-state index contributed by atoms with van der Waals surface area (Å²) in [6.07, 6.45) is 0. The number of benzene rings is 6. The van der Waals surface area contributed by atoms with Crippen LogP contribution in [-0.4, -0.2) is 14.2 Å². The van der Waals surface area contributed by atoms with E-state index in [0.717, 1.165) is 17.2 Å². The van der Waals surface area contributed by atoms with Crippen LogP contribution in [0, 0.1) is 30.2 Å². The highest BCUT2D eigenvalue weighted by molar-refractivity contribution is 6.32. The average Bonchev–Trinajstić information content (AvgIpc) is 3.14. The van der Waals surface area contributed by atoms with E-state index in [1.165, 1.54) is 43.5 Å². The zero-order valence-electron chi connectivity index (χ0n) is 28.6. The number of hydrogen-bond acceptors (Lipinski definition) is 2. The van der Waals surface area contributed by atoms with Crippen LogP contribution in [0.5, 0.6) is 5.75 Å². The van der Waals surface area contributed by atoms with Gasteiger partial charge in [0, 0.05) is 33.7 Å². The lowest BCUT2D eigenvalue weighted by atomic mass is 9.52. The van der Waals surface area contributed by atoms with E-state index in [1.54, 1.807) is 43.5 Å². The summed E-state index contributed by atoms with van der Waals surface area (Å²) in [4.78, 5) is 0. The summed E-state index contributed by atoms with van der Waals surface area (Å²) in [6.45, 7) is 1.97. The molecule has 7 rings (SSSR count). The van der Waals surface area contributed by atoms with Gasteiger partial charge < -0.3 is 9.47 Å². The quantitative estimate of drug-likeness (QED) is 0.146. The first-order valence-corrected chi connectivity index (χ1v) is 17.0. The molecule has 0 bridgehead atoms. The van der Waals surface area contributed by atoms with Crippen molar-refractivity contribution in [3.8, 4) is 5.75 Å². The maximum absolute atomic E-state index is 15.6. The first kappa shape index (κ1) is 34.8. The van der Waals surface area contributed by atoms with Crippen molar-refractivity contribution in [3.63, 3.8) is 0 Å². The highest BCUT2D eigenvalue weighted by Crippen LogP contribution is 2.65. The van der Waals surface area contributed by atoms with Gasteiger partial charge in [0.15, 0.2) is 0 Å². The van der Waals surface area contributed by atoms with Crippen molar-refractivity contribution in [2.45, 2.75) is 18.3 Å². The third-order valence-electron chi connectivity index (χ3n) is 9.70. The number of rotatable bonds is 8. The van der Waals surface area contributed by atoms with E-state index in [2.05, 4.69) is 0 Å². The summed E-state index contributed by atoms with van der Waals surface area (Å²) in [5.41, 5.74) is 4.40. The van der Waals surface area contributed by atoms with Crippen molar-refractivity contribution in [3.05, 3.63) is 213 Å². The Hall–Kier alpha value is -5.59. The minimum atomic E-state index is -1.41. The molecule has 260 valence electrons. The average molecular weight is 717 g/mol. The molecular formula is C45H33ClF4O2. The van der Waals surface area contributed by atoms with Crippen LogP contribution in [-0.2, 0) is 10.2 Å². The van der Waals surface area contributed by atoms with E-state index in [4.69, 9.17) is 21.1 Å². The van der Waals surface area contributed by atoms with Crippen molar-refractivity contribution in [2.24, 2.45) is 0 Å². The van der Waals surface area contributed by atoms with Crippen LogP contribution in [0.15, 0.2) is 145 Å². The Labute approximate surface area is 305 Å². The van der Waals surface area contributed by atoms with E-state index in [1.807, 2.05) is 67.6 Å². The van der Waals surface area contributed by atoms with Crippen molar-refractivity contribution in [1.29, 1.82) is 0 Å². The summed E-state index contributed by atoms with van der Waals surface area (Å²) in [5.74, 6) is -2.64. The fourth-order valence-corrected chi connectivity index (χ4v) is 7.88. The molecule has 0 N–H and O–H groups in total. The van der Waals surface area contributed by atoms with Crippen molar-refractivity contribution in [2.75, 3.05) is 14.2 Å². The van der Waals surface area contributed by atoms with Crippen LogP contribution >= 0.6 is 11.6 Å². The first-order chi connectivity index (χ1) is 25.1. The lowest BCUT2D eigenvalue weighted by molar-refractivity contribution is 0.307. The minimum Gasteiger partial charge on any atom is -0.497 e. The second kappa shape index (κ2) is 14.2. The first-order valence-electron chi connectivity index (χ1n) is 16.6. The fraction of sp³-hybridized carbons (Fsp3) is 0.111. The molecule has 0 aromatic heterocycles. The standard InChI is InChI=1S/C45H33ClF4O2/c1-27-14-18-31(19-15-27)45(32-9-7-11-37(25-32)51-2)42(29-8-6-10-34(48)22-29)40(28-16-20-33(47)21-17-28)44(52-3)41(38-12-4-5-13-39(38)46)43(45)30-23-35(49)26-36(50)24-30/h4-26,43H,1-3H3. The molecule has 0 radical (unpaired) electrons. The normalized spacial score (nSPS) is 17.3. The van der Waals surface area contributed by atoms with Crippen LogP contribution in [0.25, 0.3) is 16.7 Å². The van der Waals surface area contributed by atoms with Crippen LogP contribution in [0.4, 0.5) is 17.6 Å². The number of methoxy groups -OCH3 is 2. The van der Waals surface area contributed by atoms with Gasteiger partial charge in [0.1, 0.15) is 34.8 Å². The number of allylic oxidation sites excluding steroid dienone is 3. The predicted molar refractivity (Wildman–Crippen MR) is 199 cm³/mol. The fourth-order valence-electron chi connectivity index (χ4n) is 7.65. The molecule has 0 saturated carbocycles. The van der Waals surface area contributed by atoms with E-state index in [9.17, 15) is 4.39 Å². The maximum Gasteiger partial charge on any atom is 0.131 e. The lowest BCUT2D eigenvalue weighted by Crippen LogP contribution is -2.41. The number of aryl methyl sites for hydroxylation is 1. The van der Waals surface area contributed by atoms with Gasteiger partial charge in [-0.1, -0.05) is 96.0 Å². The van der Waals surface area contributed by atoms with Crippen molar-refractivity contribution >= 4 is 28.3 Å². The second-order valence-electron chi connectivity index (χ2n) is 12.7. The maximum atomic E-state index is 15.6. The van der Waals surface area contributed by atoms with E-state index in [0.29, 0.717) is 55.5 Å². The molecule has 2 nitrogen and oxygen atoms in total. The van der Waals surface area contributed by atoms with Gasteiger partial charge in [0.2, 0.25) is 0 Å². The topological polar surface area (TPSA) is 18.5 Å². The molecule has 0 amide bonds. The largest absolute Gasteiger partial charge is 0.497 e. The third kappa shape index (κ3) is 6.07. The van der Waals surface area contributed by atoms with Gasteiger partial charge in [0.05, 0.1) is 19.6 Å².